The van der Waals surface area contributed by atoms with Crippen molar-refractivity contribution in [3.8, 4) is 73.2 Å². The average Bonchev–Trinajstić information content (AvgIpc) is 3.97. The highest BCUT2D eigenvalue weighted by Gasteiger charge is 2.26. The first-order valence-electron chi connectivity index (χ1n) is 20.3. The molecule has 3 aromatic heterocycles. The summed E-state index contributed by atoms with van der Waals surface area (Å²) < 4.78 is 8.63. The molecule has 0 saturated carbocycles. The number of hydrogen-bond donors (Lipinski definition) is 0. The van der Waals surface area contributed by atoms with E-state index < -0.39 is 0 Å². The van der Waals surface area contributed by atoms with Gasteiger partial charge < -0.3 is 8.98 Å². The summed E-state index contributed by atoms with van der Waals surface area (Å²) in [6.07, 6.45) is 0. The van der Waals surface area contributed by atoms with Crippen LogP contribution in [0.1, 0.15) is 0 Å². The fraction of sp³-hybridized carbons (Fsp3) is 0. The number of rotatable bonds is 5. The molecule has 0 spiro atoms. The van der Waals surface area contributed by atoms with E-state index in [1.54, 1.807) is 0 Å². The maximum absolute atomic E-state index is 6.21. The summed E-state index contributed by atoms with van der Waals surface area (Å²) in [6.45, 7) is 0. The van der Waals surface area contributed by atoms with Crippen molar-refractivity contribution in [1.29, 1.82) is 0 Å². The smallest absolute Gasteiger partial charge is 0.164 e. The number of benzene rings is 9. The van der Waals surface area contributed by atoms with E-state index in [0.717, 1.165) is 66.5 Å². The molecule has 0 bridgehead atoms. The van der Waals surface area contributed by atoms with Gasteiger partial charge in [-0.3, -0.25) is 0 Å². The van der Waals surface area contributed by atoms with E-state index in [4.69, 9.17) is 19.4 Å². The Kier molecular flexibility index (Phi) is 6.95. The summed E-state index contributed by atoms with van der Waals surface area (Å²) in [6, 6.07) is 68.6. The third-order valence-corrected chi connectivity index (χ3v) is 12.2. The predicted molar refractivity (Wildman–Crippen MR) is 245 cm³/mol. The van der Waals surface area contributed by atoms with Gasteiger partial charge in [0.25, 0.3) is 0 Å². The van der Waals surface area contributed by atoms with Gasteiger partial charge in [0.1, 0.15) is 11.2 Å². The zero-order valence-electron chi connectivity index (χ0n) is 32.2. The quantitative estimate of drug-likeness (QED) is 0.175. The van der Waals surface area contributed by atoms with Gasteiger partial charge in [-0.15, -0.1) is 0 Å². The van der Waals surface area contributed by atoms with E-state index in [-0.39, 0.29) is 0 Å². The van der Waals surface area contributed by atoms with Crippen LogP contribution in [0.25, 0.3) is 128 Å². The lowest BCUT2D eigenvalue weighted by molar-refractivity contribution is 0.669. The van der Waals surface area contributed by atoms with Crippen LogP contribution in [0, 0.1) is 0 Å². The summed E-state index contributed by atoms with van der Waals surface area (Å²) >= 11 is 0. The first kappa shape index (κ1) is 32.9. The predicted octanol–water partition coefficient (Wildman–Crippen LogP) is 14.3. The fourth-order valence-corrected chi connectivity index (χ4v) is 9.47. The van der Waals surface area contributed by atoms with Crippen molar-refractivity contribution >= 4 is 54.5 Å². The third-order valence-electron chi connectivity index (χ3n) is 12.2. The van der Waals surface area contributed by atoms with E-state index in [9.17, 15) is 0 Å². The monoisotopic (exact) mass is 764 g/mol. The Morgan fingerprint density at radius 2 is 0.883 bits per heavy atom. The zero-order chi connectivity index (χ0) is 39.3. The second-order valence-electron chi connectivity index (χ2n) is 15.6. The molecule has 0 unspecified atom stereocenters. The van der Waals surface area contributed by atoms with Crippen LogP contribution in [-0.4, -0.2) is 19.5 Å². The van der Waals surface area contributed by atoms with Gasteiger partial charge in [-0.25, -0.2) is 15.0 Å². The minimum atomic E-state index is 0.623. The molecule has 1 aliphatic carbocycles. The molecule has 0 radical (unpaired) electrons. The summed E-state index contributed by atoms with van der Waals surface area (Å²) in [5, 5.41) is 7.24. The minimum Gasteiger partial charge on any atom is -0.456 e. The van der Waals surface area contributed by atoms with Crippen LogP contribution in [0.2, 0.25) is 0 Å². The Morgan fingerprint density at radius 3 is 1.65 bits per heavy atom. The normalized spacial score (nSPS) is 12.0. The number of aromatic nitrogens is 4. The Bertz CT molecular complexity index is 3660. The number of nitrogens with zero attached hydrogens (tertiary/aromatic N) is 4. The first-order chi connectivity index (χ1) is 29.7. The van der Waals surface area contributed by atoms with E-state index in [1.807, 2.05) is 72.8 Å². The highest BCUT2D eigenvalue weighted by atomic mass is 16.3. The lowest BCUT2D eigenvalue weighted by Gasteiger charge is -2.12. The van der Waals surface area contributed by atoms with Crippen molar-refractivity contribution < 1.29 is 4.42 Å². The van der Waals surface area contributed by atoms with Crippen molar-refractivity contribution in [3.05, 3.63) is 194 Å². The fourth-order valence-electron chi connectivity index (χ4n) is 9.47. The second-order valence-corrected chi connectivity index (χ2v) is 15.6. The summed E-state index contributed by atoms with van der Waals surface area (Å²) in [7, 11) is 0. The van der Waals surface area contributed by atoms with Crippen molar-refractivity contribution in [1.82, 2.24) is 19.5 Å². The van der Waals surface area contributed by atoms with Gasteiger partial charge in [0, 0.05) is 43.9 Å². The molecule has 60 heavy (non-hydrogen) atoms. The maximum Gasteiger partial charge on any atom is 0.164 e. The summed E-state index contributed by atoms with van der Waals surface area (Å²) in [5.41, 5.74) is 15.3. The van der Waals surface area contributed by atoms with Gasteiger partial charge >= 0.3 is 0 Å². The van der Waals surface area contributed by atoms with Crippen molar-refractivity contribution in [2.75, 3.05) is 0 Å². The Morgan fingerprint density at radius 1 is 0.317 bits per heavy atom. The summed E-state index contributed by atoms with van der Waals surface area (Å²) in [5.74, 6) is 1.90. The first-order valence-corrected chi connectivity index (χ1v) is 20.3. The molecule has 5 heteroatoms. The van der Waals surface area contributed by atoms with Gasteiger partial charge in [0.05, 0.1) is 11.0 Å². The SMILES string of the molecule is c1ccc(-c2nc(-c3ccccc3)nc(-c3cccc(-n4c5ccc(-c6ccc7oc8ccccc8c7c6)cc5c5c6cccc7c6c(cc54)-c4ccccc4-7)c3)n2)cc1. The minimum absolute atomic E-state index is 0.623. The number of fused-ring (bicyclic) bond motifs is 10. The highest BCUT2D eigenvalue weighted by Crippen LogP contribution is 2.51. The molecule has 3 heterocycles. The standard InChI is InChI=1S/C55H32N4O/c1-3-13-33(14-4-1)53-56-54(34-15-5-2-6-16-34)58-55(57-53)37-17-11-18-38(29-37)59-47-27-25-35(36-26-28-50-44(30-36)41-21-9-10-24-49(41)60-50)31-46(47)52-43-23-12-22-42-39-19-7-8-20-40(39)45(51(42)43)32-48(52)59/h1-32H. The van der Waals surface area contributed by atoms with Gasteiger partial charge in [-0.1, -0.05) is 146 Å². The highest BCUT2D eigenvalue weighted by molar-refractivity contribution is 6.29. The molecular formula is C55H32N4O. The topological polar surface area (TPSA) is 56.7 Å². The Labute approximate surface area is 344 Å². The molecule has 5 nitrogen and oxygen atoms in total. The van der Waals surface area contributed by atoms with Crippen LogP contribution in [-0.2, 0) is 0 Å². The molecule has 0 N–H and O–H groups in total. The van der Waals surface area contributed by atoms with E-state index in [0.29, 0.717) is 17.5 Å². The lowest BCUT2D eigenvalue weighted by atomic mass is 9.96. The molecule has 278 valence electrons. The average molecular weight is 765 g/mol. The van der Waals surface area contributed by atoms with Crippen LogP contribution >= 0.6 is 0 Å². The van der Waals surface area contributed by atoms with Crippen molar-refractivity contribution in [2.45, 2.75) is 0 Å². The largest absolute Gasteiger partial charge is 0.456 e. The van der Waals surface area contributed by atoms with Crippen LogP contribution in [0.15, 0.2) is 199 Å². The van der Waals surface area contributed by atoms with Gasteiger partial charge in [-0.05, 0) is 92.7 Å². The van der Waals surface area contributed by atoms with E-state index in [2.05, 4.69) is 126 Å². The van der Waals surface area contributed by atoms with Gasteiger partial charge in [0.2, 0.25) is 0 Å². The van der Waals surface area contributed by atoms with Crippen LogP contribution in [0.3, 0.4) is 0 Å². The van der Waals surface area contributed by atoms with Crippen LogP contribution in [0.4, 0.5) is 0 Å². The molecule has 0 saturated heterocycles. The third kappa shape index (κ3) is 4.90. The van der Waals surface area contributed by atoms with E-state index in [1.165, 1.54) is 43.8 Å². The second kappa shape index (κ2) is 12.7. The molecule has 0 fully saturated rings. The molecule has 0 atom stereocenters. The van der Waals surface area contributed by atoms with Crippen LogP contribution < -0.4 is 0 Å². The van der Waals surface area contributed by atoms with E-state index >= 15 is 0 Å². The van der Waals surface area contributed by atoms with Gasteiger partial charge in [0.15, 0.2) is 17.5 Å². The molecule has 9 aromatic carbocycles. The number of furan rings is 1. The molecular weight excluding hydrogens is 733 g/mol. The maximum atomic E-state index is 6.21. The van der Waals surface area contributed by atoms with Gasteiger partial charge in [-0.2, -0.15) is 0 Å². The Hall–Kier alpha value is -8.15. The molecule has 0 amide bonds. The van der Waals surface area contributed by atoms with Crippen molar-refractivity contribution in [2.24, 2.45) is 0 Å². The Balaban J connectivity index is 1.06. The zero-order valence-corrected chi connectivity index (χ0v) is 32.2. The number of hydrogen-bond acceptors (Lipinski definition) is 4. The van der Waals surface area contributed by atoms with Crippen molar-refractivity contribution in [3.63, 3.8) is 0 Å². The van der Waals surface area contributed by atoms with Crippen LogP contribution in [0.5, 0.6) is 0 Å². The summed E-state index contributed by atoms with van der Waals surface area (Å²) in [4.78, 5) is 15.1. The molecule has 0 aliphatic heterocycles. The molecule has 1 aliphatic rings. The molecule has 13 rings (SSSR count). The lowest BCUT2D eigenvalue weighted by Crippen LogP contribution is -2.01. The number of para-hydroxylation sites is 1. The molecule has 12 aromatic rings.